The van der Waals surface area contributed by atoms with Crippen molar-refractivity contribution in [2.45, 2.75) is 26.8 Å². The Hall–Kier alpha value is -0.880. The molecule has 1 rings (SSSR count). The minimum atomic E-state index is 0.434. The predicted octanol–water partition coefficient (Wildman–Crippen LogP) is 1.59. The maximum Gasteiger partial charge on any atom is 0.220 e. The lowest BCUT2D eigenvalue weighted by molar-refractivity contribution is 0.105. The Morgan fingerprint density at radius 1 is 1.60 bits per heavy atom. The second kappa shape index (κ2) is 5.87. The Kier molecular flexibility index (Phi) is 4.77. The number of rotatable bonds is 6. The van der Waals surface area contributed by atoms with Crippen molar-refractivity contribution in [3.05, 3.63) is 4.77 Å². The fourth-order valence-corrected chi connectivity index (χ4v) is 1.42. The van der Waals surface area contributed by atoms with E-state index in [0.29, 0.717) is 16.6 Å². The number of nitrogens with two attached hydrogens (primary N) is 1. The Labute approximate surface area is 94.6 Å². The second-order valence-electron chi connectivity index (χ2n) is 3.86. The van der Waals surface area contributed by atoms with Crippen LogP contribution >= 0.6 is 12.2 Å². The molecule has 0 aliphatic heterocycles. The summed E-state index contributed by atoms with van der Waals surface area (Å²) >= 11 is 5.02. The van der Waals surface area contributed by atoms with E-state index in [1.165, 1.54) is 0 Å². The van der Waals surface area contributed by atoms with Crippen molar-refractivity contribution in [1.29, 1.82) is 0 Å². The van der Waals surface area contributed by atoms with Crippen molar-refractivity contribution in [1.82, 2.24) is 14.8 Å². The normalized spacial score (nSPS) is 11.1. The lowest BCUT2D eigenvalue weighted by Crippen LogP contribution is -2.08. The molecule has 0 spiro atoms. The topological polar surface area (TPSA) is 68.9 Å². The highest BCUT2D eigenvalue weighted by molar-refractivity contribution is 7.71. The van der Waals surface area contributed by atoms with Crippen LogP contribution in [0.3, 0.4) is 0 Å². The van der Waals surface area contributed by atoms with Crippen LogP contribution in [0.25, 0.3) is 0 Å². The SMILES string of the molecule is CC(C)COCCCn1c(N)n[nH]c1=S. The van der Waals surface area contributed by atoms with Crippen molar-refractivity contribution >= 4 is 18.2 Å². The van der Waals surface area contributed by atoms with Gasteiger partial charge in [-0.05, 0) is 24.6 Å². The van der Waals surface area contributed by atoms with Gasteiger partial charge in [0.15, 0.2) is 4.77 Å². The minimum Gasteiger partial charge on any atom is -0.381 e. The van der Waals surface area contributed by atoms with E-state index in [0.717, 1.165) is 26.2 Å². The van der Waals surface area contributed by atoms with Gasteiger partial charge in [0.1, 0.15) is 0 Å². The molecule has 0 aliphatic rings. The maximum atomic E-state index is 5.62. The third-order valence-electron chi connectivity index (χ3n) is 1.91. The van der Waals surface area contributed by atoms with Crippen molar-refractivity contribution in [3.8, 4) is 0 Å². The molecule has 0 aromatic carbocycles. The highest BCUT2D eigenvalue weighted by Crippen LogP contribution is 2.01. The molecule has 1 aromatic heterocycles. The summed E-state index contributed by atoms with van der Waals surface area (Å²) in [4.78, 5) is 0. The number of nitrogen functional groups attached to an aromatic ring is 1. The summed E-state index contributed by atoms with van der Waals surface area (Å²) in [7, 11) is 0. The number of ether oxygens (including phenoxy) is 1. The molecule has 0 aliphatic carbocycles. The van der Waals surface area contributed by atoms with Crippen molar-refractivity contribution in [3.63, 3.8) is 0 Å². The average Bonchev–Trinajstić information content (AvgIpc) is 2.47. The fraction of sp³-hybridized carbons (Fsp3) is 0.778. The highest BCUT2D eigenvalue weighted by Gasteiger charge is 2.01. The summed E-state index contributed by atoms with van der Waals surface area (Å²) in [6.07, 6.45) is 0.894. The molecule has 0 amide bonds. The monoisotopic (exact) mass is 230 g/mol. The van der Waals surface area contributed by atoms with Gasteiger partial charge >= 0.3 is 0 Å². The molecule has 0 bridgehead atoms. The zero-order valence-electron chi connectivity index (χ0n) is 9.19. The van der Waals surface area contributed by atoms with Gasteiger partial charge in [-0.15, -0.1) is 5.10 Å². The number of aromatic nitrogens is 3. The number of H-pyrrole nitrogens is 1. The molecule has 3 N–H and O–H groups in total. The molecule has 0 radical (unpaired) electrons. The molecule has 0 saturated carbocycles. The standard InChI is InChI=1S/C9H18N4OS/c1-7(2)6-14-5-3-4-13-8(10)11-12-9(13)15/h7H,3-6H2,1-2H3,(H2,10,11)(H,12,15). The third-order valence-corrected chi connectivity index (χ3v) is 2.22. The van der Waals surface area contributed by atoms with Crippen LogP contribution in [0.15, 0.2) is 0 Å². The summed E-state index contributed by atoms with van der Waals surface area (Å²) < 4.78 is 7.79. The van der Waals surface area contributed by atoms with E-state index in [4.69, 9.17) is 22.7 Å². The van der Waals surface area contributed by atoms with Gasteiger partial charge in [0, 0.05) is 19.8 Å². The van der Waals surface area contributed by atoms with E-state index >= 15 is 0 Å². The molecular formula is C9H18N4OS. The molecule has 1 heterocycles. The number of hydrogen-bond donors (Lipinski definition) is 2. The number of nitrogens with one attached hydrogen (secondary N) is 1. The van der Waals surface area contributed by atoms with Gasteiger partial charge in [-0.2, -0.15) is 0 Å². The highest BCUT2D eigenvalue weighted by atomic mass is 32.1. The molecule has 0 unspecified atom stereocenters. The van der Waals surface area contributed by atoms with Gasteiger partial charge in [0.25, 0.3) is 0 Å². The van der Waals surface area contributed by atoms with Crippen LogP contribution in [0.5, 0.6) is 0 Å². The van der Waals surface area contributed by atoms with E-state index in [-0.39, 0.29) is 0 Å². The first-order chi connectivity index (χ1) is 7.11. The lowest BCUT2D eigenvalue weighted by Gasteiger charge is -2.07. The van der Waals surface area contributed by atoms with Crippen LogP contribution < -0.4 is 5.73 Å². The van der Waals surface area contributed by atoms with Gasteiger partial charge in [-0.1, -0.05) is 13.8 Å². The number of nitrogens with zero attached hydrogens (tertiary/aromatic N) is 2. The Morgan fingerprint density at radius 3 is 2.87 bits per heavy atom. The summed E-state index contributed by atoms with van der Waals surface area (Å²) in [5.41, 5.74) is 5.62. The lowest BCUT2D eigenvalue weighted by atomic mass is 10.2. The van der Waals surface area contributed by atoms with Crippen LogP contribution in [0, 0.1) is 10.7 Å². The summed E-state index contributed by atoms with van der Waals surface area (Å²) in [6, 6.07) is 0. The van der Waals surface area contributed by atoms with Gasteiger partial charge in [0.2, 0.25) is 5.95 Å². The smallest absolute Gasteiger partial charge is 0.220 e. The molecule has 0 saturated heterocycles. The van der Waals surface area contributed by atoms with Crippen LogP contribution in [0.4, 0.5) is 5.95 Å². The molecule has 0 atom stereocenters. The van der Waals surface area contributed by atoms with Crippen LogP contribution in [-0.4, -0.2) is 28.0 Å². The molecule has 86 valence electrons. The number of anilines is 1. The van der Waals surface area contributed by atoms with Crippen LogP contribution in [-0.2, 0) is 11.3 Å². The Bertz CT molecular complexity index is 344. The van der Waals surface area contributed by atoms with E-state index in [1.807, 2.05) is 0 Å². The fourth-order valence-electron chi connectivity index (χ4n) is 1.19. The Morgan fingerprint density at radius 2 is 2.33 bits per heavy atom. The molecule has 1 aromatic rings. The molecular weight excluding hydrogens is 212 g/mol. The first-order valence-corrected chi connectivity index (χ1v) is 5.50. The summed E-state index contributed by atoms with van der Waals surface area (Å²) in [6.45, 7) is 6.53. The zero-order valence-corrected chi connectivity index (χ0v) is 10.0. The molecule has 0 fully saturated rings. The van der Waals surface area contributed by atoms with E-state index in [2.05, 4.69) is 24.0 Å². The van der Waals surface area contributed by atoms with Gasteiger partial charge < -0.3 is 10.5 Å². The van der Waals surface area contributed by atoms with Crippen LogP contribution in [0.1, 0.15) is 20.3 Å². The average molecular weight is 230 g/mol. The molecule has 15 heavy (non-hydrogen) atoms. The first-order valence-electron chi connectivity index (χ1n) is 5.09. The van der Waals surface area contributed by atoms with Gasteiger partial charge in [0.05, 0.1) is 0 Å². The number of hydrogen-bond acceptors (Lipinski definition) is 4. The maximum absolute atomic E-state index is 5.62. The van der Waals surface area contributed by atoms with Gasteiger partial charge in [-0.3, -0.25) is 4.57 Å². The molecule has 6 heteroatoms. The van der Waals surface area contributed by atoms with Crippen molar-refractivity contribution in [2.24, 2.45) is 5.92 Å². The molecule has 5 nitrogen and oxygen atoms in total. The first kappa shape index (κ1) is 12.2. The second-order valence-corrected chi connectivity index (χ2v) is 4.25. The van der Waals surface area contributed by atoms with Gasteiger partial charge in [-0.25, -0.2) is 5.10 Å². The minimum absolute atomic E-state index is 0.434. The van der Waals surface area contributed by atoms with E-state index < -0.39 is 0 Å². The van der Waals surface area contributed by atoms with E-state index in [9.17, 15) is 0 Å². The van der Waals surface area contributed by atoms with Crippen molar-refractivity contribution < 1.29 is 4.74 Å². The quantitative estimate of drug-likeness (QED) is 0.575. The van der Waals surface area contributed by atoms with Crippen LogP contribution in [0.2, 0.25) is 0 Å². The Balaban J connectivity index is 2.23. The summed E-state index contributed by atoms with van der Waals surface area (Å²) in [5, 5.41) is 6.47. The third kappa shape index (κ3) is 4.01. The van der Waals surface area contributed by atoms with E-state index in [1.54, 1.807) is 4.57 Å². The largest absolute Gasteiger partial charge is 0.381 e. The zero-order chi connectivity index (χ0) is 11.3. The van der Waals surface area contributed by atoms with Crippen molar-refractivity contribution in [2.75, 3.05) is 18.9 Å². The number of aromatic amines is 1. The summed E-state index contributed by atoms with van der Waals surface area (Å²) in [5.74, 6) is 1.01. The predicted molar refractivity (Wildman–Crippen MR) is 62.1 cm³/mol.